The van der Waals surface area contributed by atoms with Crippen LogP contribution in [0.1, 0.15) is 31.9 Å². The molecule has 0 spiro atoms. The maximum atomic E-state index is 11.9. The van der Waals surface area contributed by atoms with Gasteiger partial charge in [-0.3, -0.25) is 4.79 Å². The molecule has 2 rings (SSSR count). The van der Waals surface area contributed by atoms with Crippen LogP contribution in [0.15, 0.2) is 28.7 Å². The summed E-state index contributed by atoms with van der Waals surface area (Å²) < 4.78 is 1.04. The molecular weight excluding hydrogens is 280 g/mol. The monoisotopic (exact) mass is 296 g/mol. The second-order valence-corrected chi connectivity index (χ2v) is 5.67. The van der Waals surface area contributed by atoms with E-state index in [1.165, 1.54) is 0 Å². The summed E-state index contributed by atoms with van der Waals surface area (Å²) in [7, 11) is 0. The molecule has 1 aliphatic heterocycles. The molecule has 3 nitrogen and oxygen atoms in total. The second kappa shape index (κ2) is 4.78. The van der Waals surface area contributed by atoms with Gasteiger partial charge in [-0.1, -0.05) is 28.1 Å². The lowest BCUT2D eigenvalue weighted by Crippen LogP contribution is -2.37. The lowest BCUT2D eigenvalue weighted by Gasteiger charge is -2.30. The van der Waals surface area contributed by atoms with Crippen molar-refractivity contribution in [3.05, 3.63) is 34.3 Å². The Bertz CT molecular complexity index is 416. The second-order valence-electron chi connectivity index (χ2n) is 4.76. The van der Waals surface area contributed by atoms with Gasteiger partial charge in [-0.2, -0.15) is 0 Å². The van der Waals surface area contributed by atoms with Crippen LogP contribution in [0.5, 0.6) is 0 Å². The summed E-state index contributed by atoms with van der Waals surface area (Å²) in [6, 6.07) is 8.13. The largest absolute Gasteiger partial charge is 0.332 e. The van der Waals surface area contributed by atoms with Gasteiger partial charge in [-0.05, 0) is 31.5 Å². The van der Waals surface area contributed by atoms with Gasteiger partial charge in [0.1, 0.15) is 0 Å². The van der Waals surface area contributed by atoms with Gasteiger partial charge in [0.05, 0.1) is 6.04 Å². The quantitative estimate of drug-likeness (QED) is 0.911. The van der Waals surface area contributed by atoms with E-state index in [0.717, 1.165) is 10.0 Å². The van der Waals surface area contributed by atoms with Crippen molar-refractivity contribution in [3.63, 3.8) is 0 Å². The molecule has 1 aromatic carbocycles. The van der Waals surface area contributed by atoms with Crippen molar-refractivity contribution in [2.75, 3.05) is 0 Å². The third kappa shape index (κ3) is 2.38. The van der Waals surface area contributed by atoms with Gasteiger partial charge >= 0.3 is 0 Å². The molecule has 1 aliphatic rings. The third-order valence-electron chi connectivity index (χ3n) is 3.17. The van der Waals surface area contributed by atoms with Gasteiger partial charge in [0.2, 0.25) is 5.91 Å². The van der Waals surface area contributed by atoms with E-state index in [1.807, 2.05) is 43.0 Å². The molecule has 2 N–H and O–H groups in total. The number of likely N-dealkylation sites (tertiary alicyclic amines) is 1. The Labute approximate surface area is 110 Å². The van der Waals surface area contributed by atoms with Crippen molar-refractivity contribution in [2.24, 2.45) is 5.73 Å². The fourth-order valence-electron chi connectivity index (χ4n) is 2.46. The Morgan fingerprint density at radius 3 is 2.47 bits per heavy atom. The van der Waals surface area contributed by atoms with Crippen LogP contribution in [0.3, 0.4) is 0 Å². The van der Waals surface area contributed by atoms with Crippen LogP contribution in [0.2, 0.25) is 0 Å². The number of nitrogens with two attached hydrogens (primary N) is 1. The Morgan fingerprint density at radius 1 is 1.35 bits per heavy atom. The van der Waals surface area contributed by atoms with Crippen molar-refractivity contribution in [1.82, 2.24) is 4.90 Å². The van der Waals surface area contributed by atoms with Crippen LogP contribution in [-0.4, -0.2) is 22.9 Å². The Hall–Kier alpha value is -0.870. The molecule has 4 heteroatoms. The van der Waals surface area contributed by atoms with Crippen molar-refractivity contribution >= 4 is 21.8 Å². The number of hydrogen-bond acceptors (Lipinski definition) is 2. The first kappa shape index (κ1) is 12.6. The van der Waals surface area contributed by atoms with E-state index in [2.05, 4.69) is 15.9 Å². The van der Waals surface area contributed by atoms with Gasteiger partial charge < -0.3 is 10.6 Å². The fraction of sp³-hybridized carbons (Fsp3) is 0.462. The molecule has 1 heterocycles. The minimum Gasteiger partial charge on any atom is -0.332 e. The maximum Gasteiger partial charge on any atom is 0.225 e. The molecule has 0 aromatic heterocycles. The standard InChI is InChI=1S/C13H17BrN2O/c1-8(2)16-12(17)7-11(15)13(16)9-3-5-10(14)6-4-9/h3-6,8,11,13H,7,15H2,1-2H3/t11-,13+/m0/s1. The number of amides is 1. The average molecular weight is 297 g/mol. The number of carbonyl (C=O) groups excluding carboxylic acids is 1. The molecule has 1 aromatic rings. The summed E-state index contributed by atoms with van der Waals surface area (Å²) in [5.41, 5.74) is 7.20. The lowest BCUT2D eigenvalue weighted by molar-refractivity contribution is -0.130. The van der Waals surface area contributed by atoms with Crippen molar-refractivity contribution in [1.29, 1.82) is 0 Å². The molecule has 92 valence electrons. The van der Waals surface area contributed by atoms with E-state index in [-0.39, 0.29) is 24.0 Å². The summed E-state index contributed by atoms with van der Waals surface area (Å²) in [5.74, 6) is 0.153. The number of halogens is 1. The Kier molecular flexibility index (Phi) is 3.54. The maximum absolute atomic E-state index is 11.9. The highest BCUT2D eigenvalue weighted by Crippen LogP contribution is 2.34. The van der Waals surface area contributed by atoms with E-state index in [0.29, 0.717) is 6.42 Å². The Morgan fingerprint density at radius 2 is 1.94 bits per heavy atom. The molecule has 0 aliphatic carbocycles. The van der Waals surface area contributed by atoms with Crippen LogP contribution < -0.4 is 5.73 Å². The highest BCUT2D eigenvalue weighted by molar-refractivity contribution is 9.10. The van der Waals surface area contributed by atoms with Gasteiger partial charge in [-0.15, -0.1) is 0 Å². The van der Waals surface area contributed by atoms with Crippen LogP contribution in [0, 0.1) is 0 Å². The molecular formula is C13H17BrN2O. The van der Waals surface area contributed by atoms with Crippen molar-refractivity contribution < 1.29 is 4.79 Å². The zero-order valence-electron chi connectivity index (χ0n) is 10.1. The molecule has 0 bridgehead atoms. The molecule has 1 fully saturated rings. The number of benzene rings is 1. The summed E-state index contributed by atoms with van der Waals surface area (Å²) in [5, 5.41) is 0. The number of carbonyl (C=O) groups is 1. The van der Waals surface area contributed by atoms with Gasteiger partial charge in [0.25, 0.3) is 0 Å². The molecule has 0 saturated carbocycles. The van der Waals surface area contributed by atoms with E-state index in [9.17, 15) is 4.79 Å². The third-order valence-corrected chi connectivity index (χ3v) is 3.70. The topological polar surface area (TPSA) is 46.3 Å². The minimum absolute atomic E-state index is 0.00981. The highest BCUT2D eigenvalue weighted by atomic mass is 79.9. The van der Waals surface area contributed by atoms with Gasteiger partial charge in [0.15, 0.2) is 0 Å². The van der Waals surface area contributed by atoms with Crippen LogP contribution in [0.25, 0.3) is 0 Å². The Balaban J connectivity index is 2.34. The average Bonchev–Trinajstić information content (AvgIpc) is 2.55. The summed E-state index contributed by atoms with van der Waals surface area (Å²) in [6.07, 6.45) is 0.443. The lowest BCUT2D eigenvalue weighted by atomic mass is 10.0. The van der Waals surface area contributed by atoms with Gasteiger partial charge in [0, 0.05) is 23.0 Å². The van der Waals surface area contributed by atoms with Crippen LogP contribution in [-0.2, 0) is 4.79 Å². The number of hydrogen-bond donors (Lipinski definition) is 1. The summed E-state index contributed by atoms with van der Waals surface area (Å²) in [6.45, 7) is 4.06. The first-order chi connectivity index (χ1) is 8.00. The highest BCUT2D eigenvalue weighted by Gasteiger charge is 2.39. The van der Waals surface area contributed by atoms with E-state index in [1.54, 1.807) is 0 Å². The van der Waals surface area contributed by atoms with E-state index >= 15 is 0 Å². The fourth-order valence-corrected chi connectivity index (χ4v) is 2.72. The zero-order valence-corrected chi connectivity index (χ0v) is 11.6. The predicted molar refractivity (Wildman–Crippen MR) is 71.5 cm³/mol. The predicted octanol–water partition coefficient (Wildman–Crippen LogP) is 2.46. The number of nitrogens with zero attached hydrogens (tertiary/aromatic N) is 1. The van der Waals surface area contributed by atoms with E-state index < -0.39 is 0 Å². The SMILES string of the molecule is CC(C)N1C(=O)C[C@H](N)[C@H]1c1ccc(Br)cc1. The minimum atomic E-state index is -0.105. The molecule has 2 atom stereocenters. The summed E-state index contributed by atoms with van der Waals surface area (Å²) in [4.78, 5) is 13.8. The van der Waals surface area contributed by atoms with Crippen LogP contribution in [0.4, 0.5) is 0 Å². The van der Waals surface area contributed by atoms with Crippen molar-refractivity contribution in [2.45, 2.75) is 38.4 Å². The summed E-state index contributed by atoms with van der Waals surface area (Å²) >= 11 is 3.41. The normalized spacial score (nSPS) is 24.8. The number of rotatable bonds is 2. The molecule has 17 heavy (non-hydrogen) atoms. The zero-order chi connectivity index (χ0) is 12.6. The van der Waals surface area contributed by atoms with Crippen LogP contribution >= 0.6 is 15.9 Å². The smallest absolute Gasteiger partial charge is 0.225 e. The van der Waals surface area contributed by atoms with Gasteiger partial charge in [-0.25, -0.2) is 0 Å². The van der Waals surface area contributed by atoms with Crippen molar-refractivity contribution in [3.8, 4) is 0 Å². The molecule has 0 unspecified atom stereocenters. The molecule has 1 amide bonds. The van der Waals surface area contributed by atoms with E-state index in [4.69, 9.17) is 5.73 Å². The molecule has 0 radical (unpaired) electrons. The molecule has 1 saturated heterocycles. The first-order valence-electron chi connectivity index (χ1n) is 5.83. The first-order valence-corrected chi connectivity index (χ1v) is 6.62.